The first kappa shape index (κ1) is 72.6. The lowest BCUT2D eigenvalue weighted by atomic mass is 10.0. The summed E-state index contributed by atoms with van der Waals surface area (Å²) in [6, 6.07) is 0. The van der Waals surface area contributed by atoms with E-state index in [0.717, 1.165) is 77.0 Å². The molecule has 6 heteroatoms. The molecule has 0 radical (unpaired) electrons. The zero-order valence-corrected chi connectivity index (χ0v) is 50.6. The van der Waals surface area contributed by atoms with Gasteiger partial charge in [0, 0.05) is 19.3 Å². The van der Waals surface area contributed by atoms with Crippen LogP contribution in [0.5, 0.6) is 0 Å². The summed E-state index contributed by atoms with van der Waals surface area (Å²) in [5.74, 6) is -0.856. The Morgan fingerprint density at radius 1 is 0.267 bits per heavy atom. The van der Waals surface area contributed by atoms with Gasteiger partial charge in [0.25, 0.3) is 0 Å². The summed E-state index contributed by atoms with van der Waals surface area (Å²) in [4.78, 5) is 38.2. The smallest absolute Gasteiger partial charge is 0.306 e. The highest BCUT2D eigenvalue weighted by Crippen LogP contribution is 2.18. The molecular formula is C69H128O6. The van der Waals surface area contributed by atoms with E-state index in [0.29, 0.717) is 19.3 Å². The molecule has 0 aromatic rings. The van der Waals surface area contributed by atoms with Crippen molar-refractivity contribution in [2.75, 3.05) is 13.2 Å². The van der Waals surface area contributed by atoms with Crippen LogP contribution in [-0.2, 0) is 28.6 Å². The molecule has 6 nitrogen and oxygen atoms in total. The number of carbonyl (C=O) groups is 3. The third-order valence-corrected chi connectivity index (χ3v) is 15.1. The van der Waals surface area contributed by atoms with Gasteiger partial charge in [-0.15, -0.1) is 0 Å². The van der Waals surface area contributed by atoms with Gasteiger partial charge in [0.15, 0.2) is 6.10 Å². The van der Waals surface area contributed by atoms with Gasteiger partial charge in [-0.25, -0.2) is 0 Å². The summed E-state index contributed by atoms with van der Waals surface area (Å²) < 4.78 is 16.9. The van der Waals surface area contributed by atoms with Gasteiger partial charge in [-0.2, -0.15) is 0 Å². The average molecular weight is 1050 g/mol. The molecule has 0 N–H and O–H groups in total. The van der Waals surface area contributed by atoms with Gasteiger partial charge in [0.05, 0.1) is 0 Å². The molecule has 1 atom stereocenters. The normalized spacial score (nSPS) is 12.2. The van der Waals surface area contributed by atoms with Crippen molar-refractivity contribution in [1.29, 1.82) is 0 Å². The summed E-state index contributed by atoms with van der Waals surface area (Å²) in [6.45, 7) is 6.62. The molecular weight excluding hydrogens is 925 g/mol. The number of carbonyl (C=O) groups excluding carboxylic acids is 3. The van der Waals surface area contributed by atoms with Gasteiger partial charge in [-0.1, -0.05) is 314 Å². The molecule has 0 fully saturated rings. The fourth-order valence-electron chi connectivity index (χ4n) is 10.1. The van der Waals surface area contributed by atoms with Crippen LogP contribution >= 0.6 is 0 Å². The minimum Gasteiger partial charge on any atom is -0.462 e. The van der Waals surface area contributed by atoms with Crippen molar-refractivity contribution < 1.29 is 28.6 Å². The molecule has 0 saturated carbocycles. The molecule has 1 unspecified atom stereocenters. The molecule has 0 aromatic carbocycles. The van der Waals surface area contributed by atoms with Crippen molar-refractivity contribution in [1.82, 2.24) is 0 Å². The van der Waals surface area contributed by atoms with E-state index in [1.807, 2.05) is 0 Å². The molecule has 0 heterocycles. The maximum atomic E-state index is 12.9. The Kier molecular flexibility index (Phi) is 62.1. The van der Waals surface area contributed by atoms with Crippen molar-refractivity contribution in [2.45, 2.75) is 374 Å². The van der Waals surface area contributed by atoms with E-state index < -0.39 is 6.10 Å². The topological polar surface area (TPSA) is 78.9 Å². The Hall–Kier alpha value is -2.37. The van der Waals surface area contributed by atoms with E-state index in [2.05, 4.69) is 57.2 Å². The predicted molar refractivity (Wildman–Crippen MR) is 326 cm³/mol. The van der Waals surface area contributed by atoms with Crippen molar-refractivity contribution >= 4 is 17.9 Å². The molecule has 0 aliphatic rings. The Labute approximate surface area is 467 Å². The molecule has 0 rings (SSSR count). The van der Waals surface area contributed by atoms with E-state index in [-0.39, 0.29) is 31.1 Å². The van der Waals surface area contributed by atoms with Crippen LogP contribution in [0.1, 0.15) is 367 Å². The lowest BCUT2D eigenvalue weighted by molar-refractivity contribution is -0.167. The average Bonchev–Trinajstić information content (AvgIpc) is 3.41. The van der Waals surface area contributed by atoms with Gasteiger partial charge in [-0.05, 0) is 70.6 Å². The van der Waals surface area contributed by atoms with Crippen LogP contribution < -0.4 is 0 Å². The highest BCUT2D eigenvalue weighted by atomic mass is 16.6. The first-order chi connectivity index (χ1) is 37.0. The Morgan fingerprint density at radius 2 is 0.507 bits per heavy atom. The Morgan fingerprint density at radius 3 is 0.800 bits per heavy atom. The zero-order valence-electron chi connectivity index (χ0n) is 50.6. The van der Waals surface area contributed by atoms with Gasteiger partial charge in [0.2, 0.25) is 0 Å². The van der Waals surface area contributed by atoms with Crippen LogP contribution in [0.15, 0.2) is 36.5 Å². The number of rotatable bonds is 62. The lowest BCUT2D eigenvalue weighted by Crippen LogP contribution is -2.30. The zero-order chi connectivity index (χ0) is 54.3. The fraction of sp³-hybridized carbons (Fsp3) is 0.870. The highest BCUT2D eigenvalue weighted by Gasteiger charge is 2.19. The third-order valence-electron chi connectivity index (χ3n) is 15.1. The summed E-state index contributed by atoms with van der Waals surface area (Å²) in [7, 11) is 0. The largest absolute Gasteiger partial charge is 0.462 e. The first-order valence-electron chi connectivity index (χ1n) is 33.5. The number of hydrogen-bond acceptors (Lipinski definition) is 6. The van der Waals surface area contributed by atoms with Crippen LogP contribution in [0.4, 0.5) is 0 Å². The second-order valence-electron chi connectivity index (χ2n) is 22.7. The quantitative estimate of drug-likeness (QED) is 0.0261. The fourth-order valence-corrected chi connectivity index (χ4v) is 10.1. The van der Waals surface area contributed by atoms with Crippen LogP contribution in [0, 0.1) is 0 Å². The summed E-state index contributed by atoms with van der Waals surface area (Å²) in [6.07, 6.45) is 78.9. The number of esters is 3. The van der Waals surface area contributed by atoms with Crippen molar-refractivity contribution in [3.63, 3.8) is 0 Å². The first-order valence-corrected chi connectivity index (χ1v) is 33.5. The van der Waals surface area contributed by atoms with E-state index in [9.17, 15) is 14.4 Å². The number of hydrogen-bond donors (Lipinski definition) is 0. The summed E-state index contributed by atoms with van der Waals surface area (Å²) in [5, 5.41) is 0. The SMILES string of the molecule is CCC/C=C\CCCCCCCC(=O)OCC(COC(=O)CCCCCCCCCCCCCCCCCCC/C=C\C/C=C\CCCCCCC)OC(=O)CCCCCCCCCCCCCCCCCCCC. The molecule has 0 bridgehead atoms. The van der Waals surface area contributed by atoms with Crippen LogP contribution in [0.2, 0.25) is 0 Å². The monoisotopic (exact) mass is 1050 g/mol. The third kappa shape index (κ3) is 62.4. The van der Waals surface area contributed by atoms with E-state index in [1.54, 1.807) is 0 Å². The van der Waals surface area contributed by atoms with E-state index >= 15 is 0 Å². The minimum atomic E-state index is -0.771. The molecule has 0 saturated heterocycles. The second kappa shape index (κ2) is 64.2. The molecule has 0 aliphatic heterocycles. The van der Waals surface area contributed by atoms with Gasteiger partial charge in [0.1, 0.15) is 13.2 Å². The summed E-state index contributed by atoms with van der Waals surface area (Å²) in [5.41, 5.74) is 0. The highest BCUT2D eigenvalue weighted by molar-refractivity contribution is 5.71. The van der Waals surface area contributed by atoms with Crippen molar-refractivity contribution in [2.24, 2.45) is 0 Å². The molecule has 75 heavy (non-hydrogen) atoms. The maximum Gasteiger partial charge on any atom is 0.306 e. The molecule has 0 spiro atoms. The molecule has 0 aromatic heterocycles. The second-order valence-corrected chi connectivity index (χ2v) is 22.7. The number of unbranched alkanes of at least 4 members (excludes halogenated alkanes) is 45. The maximum absolute atomic E-state index is 12.9. The Bertz CT molecular complexity index is 1250. The molecule has 0 amide bonds. The number of allylic oxidation sites excluding steroid dienone is 6. The predicted octanol–water partition coefficient (Wildman–Crippen LogP) is 22.8. The van der Waals surface area contributed by atoms with Crippen LogP contribution in [-0.4, -0.2) is 37.2 Å². The van der Waals surface area contributed by atoms with E-state index in [1.165, 1.54) is 250 Å². The number of ether oxygens (including phenoxy) is 3. The van der Waals surface area contributed by atoms with Gasteiger partial charge < -0.3 is 14.2 Å². The standard InChI is InChI=1S/C69H128O6/c1-4-7-10-13-16-19-22-24-26-28-30-31-32-33-34-35-36-37-38-39-40-42-43-45-47-50-53-56-59-62-68(71)74-65-66(64-73-67(70)61-58-55-52-49-21-18-15-12-9-6-3)75-69(72)63-60-57-54-51-48-46-44-41-29-27-25-23-20-17-14-11-8-5-2/h12,15,22,24,28,30,66H,4-11,13-14,16-21,23,25-27,29,31-65H2,1-3H3/b15-12-,24-22-,30-28-. The van der Waals surface area contributed by atoms with Crippen molar-refractivity contribution in [3.05, 3.63) is 36.5 Å². The molecule has 440 valence electrons. The minimum absolute atomic E-state index is 0.0695. The summed E-state index contributed by atoms with van der Waals surface area (Å²) >= 11 is 0. The van der Waals surface area contributed by atoms with Crippen LogP contribution in [0.25, 0.3) is 0 Å². The van der Waals surface area contributed by atoms with E-state index in [4.69, 9.17) is 14.2 Å². The molecule has 0 aliphatic carbocycles. The van der Waals surface area contributed by atoms with Gasteiger partial charge >= 0.3 is 17.9 Å². The van der Waals surface area contributed by atoms with Gasteiger partial charge in [-0.3, -0.25) is 14.4 Å². The van der Waals surface area contributed by atoms with Crippen LogP contribution in [0.3, 0.4) is 0 Å². The Balaban J connectivity index is 4.11. The van der Waals surface area contributed by atoms with Crippen molar-refractivity contribution in [3.8, 4) is 0 Å². The lowest BCUT2D eigenvalue weighted by Gasteiger charge is -2.18.